The van der Waals surface area contributed by atoms with Crippen LogP contribution in [0.25, 0.3) is 0 Å². The van der Waals surface area contributed by atoms with Gasteiger partial charge in [0.2, 0.25) is 6.29 Å². The second kappa shape index (κ2) is 4.91. The van der Waals surface area contributed by atoms with Crippen molar-refractivity contribution in [2.45, 2.75) is 49.8 Å². The van der Waals surface area contributed by atoms with Crippen LogP contribution in [0.5, 0.6) is 0 Å². The number of alkyl halides is 2. The monoisotopic (exact) mass is 260 g/mol. The molecule has 0 aromatic heterocycles. The lowest BCUT2D eigenvalue weighted by Gasteiger charge is -2.27. The van der Waals surface area contributed by atoms with Crippen molar-refractivity contribution in [1.29, 1.82) is 0 Å². The van der Waals surface area contributed by atoms with Crippen LogP contribution in [0, 0.1) is 0 Å². The number of rotatable bonds is 4. The summed E-state index contributed by atoms with van der Waals surface area (Å²) in [5.41, 5.74) is 0. The molecule has 1 rings (SSSR count). The Hall–Kier alpha value is -0.310. The molecule has 0 heterocycles. The second-order valence-electron chi connectivity index (χ2n) is 3.79. The van der Waals surface area contributed by atoms with Gasteiger partial charge in [-0.3, -0.25) is 4.55 Å². The quantitative estimate of drug-likeness (QED) is 0.585. The Labute approximate surface area is 92.2 Å². The zero-order chi connectivity index (χ0) is 12.4. The van der Waals surface area contributed by atoms with Gasteiger partial charge < -0.3 is 9.84 Å². The van der Waals surface area contributed by atoms with E-state index in [1.54, 1.807) is 0 Å². The largest absolute Gasteiger partial charge is 0.418 e. The summed E-state index contributed by atoms with van der Waals surface area (Å²) in [6.45, 7) is 0. The Balaban J connectivity index is 2.60. The van der Waals surface area contributed by atoms with Gasteiger partial charge in [0.1, 0.15) is 0 Å². The molecule has 16 heavy (non-hydrogen) atoms. The lowest BCUT2D eigenvalue weighted by atomic mass is 9.98. The Kier molecular flexibility index (Phi) is 4.22. The van der Waals surface area contributed by atoms with Gasteiger partial charge in [-0.15, -0.1) is 0 Å². The Morgan fingerprint density at radius 3 is 2.19 bits per heavy atom. The highest BCUT2D eigenvalue weighted by molar-refractivity contribution is 7.86. The average molecular weight is 260 g/mol. The third-order valence-corrected chi connectivity index (χ3v) is 3.39. The molecule has 0 spiro atoms. The minimum absolute atomic E-state index is 0.499. The van der Waals surface area contributed by atoms with E-state index in [9.17, 15) is 17.2 Å². The van der Waals surface area contributed by atoms with Gasteiger partial charge in [-0.05, 0) is 12.8 Å². The first-order chi connectivity index (χ1) is 7.25. The molecule has 2 N–H and O–H groups in total. The summed E-state index contributed by atoms with van der Waals surface area (Å²) in [5, 5.41) is 4.26. The zero-order valence-corrected chi connectivity index (χ0v) is 9.29. The lowest BCUT2D eigenvalue weighted by Crippen LogP contribution is -2.44. The van der Waals surface area contributed by atoms with Crippen molar-refractivity contribution in [1.82, 2.24) is 0 Å². The summed E-state index contributed by atoms with van der Waals surface area (Å²) in [6, 6.07) is 0. The number of hydrogen-bond donors (Lipinski definition) is 2. The first-order valence-electron chi connectivity index (χ1n) is 4.93. The highest BCUT2D eigenvalue weighted by Crippen LogP contribution is 2.29. The van der Waals surface area contributed by atoms with Crippen LogP contribution in [0.3, 0.4) is 0 Å². The van der Waals surface area contributed by atoms with E-state index >= 15 is 0 Å². The second-order valence-corrected chi connectivity index (χ2v) is 5.28. The molecule has 0 saturated heterocycles. The molecule has 0 aliphatic heterocycles. The minimum atomic E-state index is -5.66. The predicted octanol–water partition coefficient (Wildman–Crippen LogP) is 1.13. The highest BCUT2D eigenvalue weighted by atomic mass is 32.2. The van der Waals surface area contributed by atoms with E-state index in [1.807, 2.05) is 0 Å². The van der Waals surface area contributed by atoms with Gasteiger partial charge in [0.05, 0.1) is 6.10 Å². The topological polar surface area (TPSA) is 83.8 Å². The number of hydrogen-bond acceptors (Lipinski definition) is 4. The maximum atomic E-state index is 12.9. The van der Waals surface area contributed by atoms with Crippen LogP contribution in [-0.4, -0.2) is 35.7 Å². The van der Waals surface area contributed by atoms with Crippen LogP contribution < -0.4 is 0 Å². The molecule has 0 aromatic carbocycles. The van der Waals surface area contributed by atoms with E-state index in [2.05, 4.69) is 4.74 Å². The number of aliphatic hydroxyl groups excluding tert-OH is 1. The van der Waals surface area contributed by atoms with Crippen molar-refractivity contribution >= 4 is 10.1 Å². The van der Waals surface area contributed by atoms with Crippen LogP contribution >= 0.6 is 0 Å². The summed E-state index contributed by atoms with van der Waals surface area (Å²) >= 11 is 0. The van der Waals surface area contributed by atoms with Crippen molar-refractivity contribution in [3.8, 4) is 0 Å². The SMILES string of the molecule is O=S(=O)(O)C(F)(F)C(O)OC1CCCCC1. The van der Waals surface area contributed by atoms with E-state index in [0.29, 0.717) is 12.8 Å². The summed E-state index contributed by atoms with van der Waals surface area (Å²) in [4.78, 5) is 0. The van der Waals surface area contributed by atoms with Crippen LogP contribution in [0.2, 0.25) is 0 Å². The van der Waals surface area contributed by atoms with E-state index in [0.717, 1.165) is 19.3 Å². The summed E-state index contributed by atoms with van der Waals surface area (Å²) in [7, 11) is -5.66. The fourth-order valence-corrected chi connectivity index (χ4v) is 1.90. The normalized spacial score (nSPS) is 22.0. The molecular formula is C8H14F2O5S. The third-order valence-electron chi connectivity index (χ3n) is 2.50. The molecule has 5 nitrogen and oxygen atoms in total. The molecule has 1 aliphatic carbocycles. The Bertz CT molecular complexity index is 323. The molecule has 96 valence electrons. The fraction of sp³-hybridized carbons (Fsp3) is 1.00. The molecule has 1 unspecified atom stereocenters. The van der Waals surface area contributed by atoms with Crippen molar-refractivity contribution in [3.63, 3.8) is 0 Å². The van der Waals surface area contributed by atoms with E-state index in [4.69, 9.17) is 9.66 Å². The third kappa shape index (κ3) is 3.09. The molecule has 0 aromatic rings. The number of aliphatic hydroxyl groups is 1. The molecule has 1 aliphatic rings. The van der Waals surface area contributed by atoms with Gasteiger partial charge >= 0.3 is 15.4 Å². The zero-order valence-electron chi connectivity index (χ0n) is 8.47. The molecule has 1 saturated carbocycles. The first kappa shape index (κ1) is 13.8. The average Bonchev–Trinajstić information content (AvgIpc) is 2.17. The van der Waals surface area contributed by atoms with Crippen molar-refractivity contribution < 1.29 is 31.6 Å². The smallest absolute Gasteiger partial charge is 0.362 e. The predicted molar refractivity (Wildman–Crippen MR) is 50.5 cm³/mol. The molecular weight excluding hydrogens is 246 g/mol. The van der Waals surface area contributed by atoms with Crippen LogP contribution in [0.4, 0.5) is 8.78 Å². The van der Waals surface area contributed by atoms with Gasteiger partial charge in [-0.2, -0.15) is 17.2 Å². The molecule has 0 radical (unpaired) electrons. The number of ether oxygens (including phenoxy) is 1. The molecule has 0 amide bonds. The lowest BCUT2D eigenvalue weighted by molar-refractivity contribution is -0.223. The van der Waals surface area contributed by atoms with Gasteiger partial charge in [0.25, 0.3) is 0 Å². The van der Waals surface area contributed by atoms with Gasteiger partial charge in [-0.25, -0.2) is 0 Å². The van der Waals surface area contributed by atoms with E-state index in [-0.39, 0.29) is 0 Å². The van der Waals surface area contributed by atoms with Gasteiger partial charge in [0, 0.05) is 0 Å². The van der Waals surface area contributed by atoms with Gasteiger partial charge in [0.15, 0.2) is 0 Å². The number of halogens is 2. The molecule has 0 bridgehead atoms. The van der Waals surface area contributed by atoms with Crippen molar-refractivity contribution in [3.05, 3.63) is 0 Å². The molecule has 1 fully saturated rings. The molecule has 1 atom stereocenters. The Morgan fingerprint density at radius 1 is 1.25 bits per heavy atom. The molecule has 8 heteroatoms. The summed E-state index contributed by atoms with van der Waals surface area (Å²) in [6.07, 6.45) is 0.118. The van der Waals surface area contributed by atoms with E-state index < -0.39 is 27.8 Å². The van der Waals surface area contributed by atoms with Gasteiger partial charge in [-0.1, -0.05) is 19.3 Å². The van der Waals surface area contributed by atoms with Crippen LogP contribution in [0.15, 0.2) is 0 Å². The van der Waals surface area contributed by atoms with E-state index in [1.165, 1.54) is 0 Å². The van der Waals surface area contributed by atoms with Crippen LogP contribution in [-0.2, 0) is 14.9 Å². The van der Waals surface area contributed by atoms with Crippen LogP contribution in [0.1, 0.15) is 32.1 Å². The standard InChI is InChI=1S/C8H14F2O5S/c9-8(10,16(12,13)14)7(11)15-6-4-2-1-3-5-6/h6-7,11H,1-5H2,(H,12,13,14). The Morgan fingerprint density at radius 2 is 1.75 bits per heavy atom. The minimum Gasteiger partial charge on any atom is -0.362 e. The maximum Gasteiger partial charge on any atom is 0.418 e. The van der Waals surface area contributed by atoms with Crippen molar-refractivity contribution in [2.24, 2.45) is 0 Å². The fourth-order valence-electron chi connectivity index (χ4n) is 1.59. The van der Waals surface area contributed by atoms with Crippen molar-refractivity contribution in [2.75, 3.05) is 0 Å². The summed E-state index contributed by atoms with van der Waals surface area (Å²) in [5.74, 6) is 0. The maximum absolute atomic E-state index is 12.9. The first-order valence-corrected chi connectivity index (χ1v) is 6.37. The highest BCUT2D eigenvalue weighted by Gasteiger charge is 2.53. The summed E-state index contributed by atoms with van der Waals surface area (Å²) < 4.78 is 59.1.